The standard InChI is InChI=1S/C27H35N5O2/c1-21-10-13-31(14-11-21)19-25(33)17-30-27(34)29-16-24-4-2-3-5-26(24)23-8-6-22(7-9-23)18-32-15-12-28-20-32/h2-9,12,15,20-21,25,33H,10-11,13-14,16-19H2,1H3,(H2,29,30,34). The molecule has 1 aromatic heterocycles. The van der Waals surface area contributed by atoms with E-state index in [0.717, 1.165) is 42.2 Å². The van der Waals surface area contributed by atoms with Crippen LogP contribution in [0.25, 0.3) is 11.1 Å². The molecule has 7 nitrogen and oxygen atoms in total. The van der Waals surface area contributed by atoms with Gasteiger partial charge in [-0.1, -0.05) is 55.5 Å². The normalized spacial score (nSPS) is 15.7. The molecule has 0 radical (unpaired) electrons. The van der Waals surface area contributed by atoms with Crippen LogP contribution in [0, 0.1) is 5.92 Å². The first-order valence-electron chi connectivity index (χ1n) is 12.1. The number of amides is 2. The molecular formula is C27H35N5O2. The summed E-state index contributed by atoms with van der Waals surface area (Å²) < 4.78 is 2.04. The number of piperidine rings is 1. The zero-order valence-corrected chi connectivity index (χ0v) is 19.9. The average Bonchev–Trinajstić information content (AvgIpc) is 3.37. The number of carbonyl (C=O) groups is 1. The van der Waals surface area contributed by atoms with E-state index >= 15 is 0 Å². The molecule has 1 saturated heterocycles. The van der Waals surface area contributed by atoms with Gasteiger partial charge in [0.15, 0.2) is 0 Å². The molecule has 2 amide bonds. The first-order valence-corrected chi connectivity index (χ1v) is 12.1. The van der Waals surface area contributed by atoms with E-state index in [2.05, 4.69) is 57.8 Å². The van der Waals surface area contributed by atoms with Crippen molar-refractivity contribution in [2.45, 2.75) is 39.0 Å². The number of aliphatic hydroxyl groups is 1. The largest absolute Gasteiger partial charge is 0.390 e. The first-order chi connectivity index (χ1) is 16.6. The highest BCUT2D eigenvalue weighted by Gasteiger charge is 2.18. The fourth-order valence-electron chi connectivity index (χ4n) is 4.39. The smallest absolute Gasteiger partial charge is 0.315 e. The molecule has 0 aliphatic carbocycles. The molecule has 3 N–H and O–H groups in total. The summed E-state index contributed by atoms with van der Waals surface area (Å²) in [7, 11) is 0. The average molecular weight is 462 g/mol. The highest BCUT2D eigenvalue weighted by atomic mass is 16.3. The predicted octanol–water partition coefficient (Wildman–Crippen LogP) is 3.49. The Morgan fingerprint density at radius 1 is 1.12 bits per heavy atom. The third-order valence-electron chi connectivity index (χ3n) is 6.49. The molecule has 1 atom stereocenters. The summed E-state index contributed by atoms with van der Waals surface area (Å²) in [5.74, 6) is 0.764. The van der Waals surface area contributed by atoms with Crippen molar-refractivity contribution in [1.29, 1.82) is 0 Å². The monoisotopic (exact) mass is 461 g/mol. The first kappa shape index (κ1) is 24.0. The van der Waals surface area contributed by atoms with Crippen molar-refractivity contribution >= 4 is 6.03 Å². The van der Waals surface area contributed by atoms with Crippen molar-refractivity contribution in [1.82, 2.24) is 25.1 Å². The molecule has 3 aromatic rings. The Morgan fingerprint density at radius 2 is 1.88 bits per heavy atom. The zero-order chi connectivity index (χ0) is 23.8. The van der Waals surface area contributed by atoms with E-state index in [0.29, 0.717) is 13.1 Å². The maximum atomic E-state index is 12.3. The molecule has 1 unspecified atom stereocenters. The van der Waals surface area contributed by atoms with E-state index in [1.54, 1.807) is 6.20 Å². The van der Waals surface area contributed by atoms with E-state index in [9.17, 15) is 9.90 Å². The molecular weight excluding hydrogens is 426 g/mol. The second-order valence-electron chi connectivity index (χ2n) is 9.29. The summed E-state index contributed by atoms with van der Waals surface area (Å²) in [5.41, 5.74) is 4.45. The van der Waals surface area contributed by atoms with Gasteiger partial charge in [0.2, 0.25) is 0 Å². The minimum absolute atomic E-state index is 0.248. The van der Waals surface area contributed by atoms with Gasteiger partial charge in [-0.2, -0.15) is 0 Å². The number of urea groups is 1. The zero-order valence-electron chi connectivity index (χ0n) is 19.9. The Hall–Kier alpha value is -3.16. The van der Waals surface area contributed by atoms with Crippen LogP contribution in [0.1, 0.15) is 30.9 Å². The number of hydrogen-bond donors (Lipinski definition) is 3. The van der Waals surface area contributed by atoms with Crippen molar-refractivity contribution < 1.29 is 9.90 Å². The van der Waals surface area contributed by atoms with Gasteiger partial charge in [-0.25, -0.2) is 9.78 Å². The molecule has 180 valence electrons. The van der Waals surface area contributed by atoms with Crippen LogP contribution in [0.3, 0.4) is 0 Å². The van der Waals surface area contributed by atoms with Crippen molar-refractivity contribution in [3.63, 3.8) is 0 Å². The lowest BCUT2D eigenvalue weighted by Crippen LogP contribution is -2.45. The minimum atomic E-state index is -0.563. The van der Waals surface area contributed by atoms with Crippen molar-refractivity contribution in [2.24, 2.45) is 5.92 Å². The quantitative estimate of drug-likeness (QED) is 0.456. The molecule has 4 rings (SSSR count). The third-order valence-corrected chi connectivity index (χ3v) is 6.49. The maximum Gasteiger partial charge on any atom is 0.315 e. The van der Waals surface area contributed by atoms with E-state index in [1.807, 2.05) is 35.3 Å². The van der Waals surface area contributed by atoms with Crippen LogP contribution >= 0.6 is 0 Å². The fourth-order valence-corrected chi connectivity index (χ4v) is 4.39. The van der Waals surface area contributed by atoms with Gasteiger partial charge < -0.3 is 25.2 Å². The van der Waals surface area contributed by atoms with Crippen LogP contribution in [0.5, 0.6) is 0 Å². The number of imidazole rings is 1. The molecule has 0 spiro atoms. The Balaban J connectivity index is 1.26. The second-order valence-corrected chi connectivity index (χ2v) is 9.29. The number of nitrogens with zero attached hydrogens (tertiary/aromatic N) is 3. The van der Waals surface area contributed by atoms with Gasteiger partial charge >= 0.3 is 6.03 Å². The van der Waals surface area contributed by atoms with Crippen LogP contribution in [0.15, 0.2) is 67.3 Å². The number of carbonyl (C=O) groups excluding carboxylic acids is 1. The number of β-amino-alcohol motifs (C(OH)–C–C–N with tert-alkyl or cyclic N) is 1. The van der Waals surface area contributed by atoms with Crippen molar-refractivity contribution in [3.05, 3.63) is 78.4 Å². The van der Waals surface area contributed by atoms with Gasteiger partial charge in [-0.05, 0) is 54.1 Å². The summed E-state index contributed by atoms with van der Waals surface area (Å²) in [4.78, 5) is 18.7. The van der Waals surface area contributed by atoms with Gasteiger partial charge in [0.25, 0.3) is 0 Å². The summed E-state index contributed by atoms with van der Waals surface area (Å²) >= 11 is 0. The molecule has 0 bridgehead atoms. The highest BCUT2D eigenvalue weighted by molar-refractivity contribution is 5.75. The predicted molar refractivity (Wildman–Crippen MR) is 134 cm³/mol. The molecule has 1 aliphatic rings. The fraction of sp³-hybridized carbons (Fsp3) is 0.407. The van der Waals surface area contributed by atoms with Crippen LogP contribution < -0.4 is 10.6 Å². The molecule has 1 aliphatic heterocycles. The van der Waals surface area contributed by atoms with Crippen molar-refractivity contribution in [2.75, 3.05) is 26.2 Å². The minimum Gasteiger partial charge on any atom is -0.390 e. The van der Waals surface area contributed by atoms with E-state index in [1.165, 1.54) is 18.4 Å². The van der Waals surface area contributed by atoms with Crippen molar-refractivity contribution in [3.8, 4) is 11.1 Å². The van der Waals surface area contributed by atoms with Gasteiger partial charge in [0, 0.05) is 38.6 Å². The lowest BCUT2D eigenvalue weighted by molar-refractivity contribution is 0.0920. The topological polar surface area (TPSA) is 82.4 Å². The number of likely N-dealkylation sites (tertiary alicyclic amines) is 1. The van der Waals surface area contributed by atoms with E-state index < -0.39 is 6.10 Å². The van der Waals surface area contributed by atoms with Crippen LogP contribution in [0.4, 0.5) is 4.79 Å². The Morgan fingerprint density at radius 3 is 2.62 bits per heavy atom. The SMILES string of the molecule is CC1CCN(CC(O)CNC(=O)NCc2ccccc2-c2ccc(Cn3ccnc3)cc2)CC1. The molecule has 2 aromatic carbocycles. The Kier molecular flexibility index (Phi) is 8.33. The molecule has 34 heavy (non-hydrogen) atoms. The van der Waals surface area contributed by atoms with Gasteiger partial charge in [-0.3, -0.25) is 0 Å². The lowest BCUT2D eigenvalue weighted by atomic mass is 9.98. The lowest BCUT2D eigenvalue weighted by Gasteiger charge is -2.31. The van der Waals surface area contributed by atoms with Crippen LogP contribution in [-0.2, 0) is 13.1 Å². The van der Waals surface area contributed by atoms with Crippen LogP contribution in [0.2, 0.25) is 0 Å². The number of nitrogens with one attached hydrogen (secondary N) is 2. The number of hydrogen-bond acceptors (Lipinski definition) is 4. The van der Waals surface area contributed by atoms with Gasteiger partial charge in [0.05, 0.1) is 12.4 Å². The Labute approximate surface area is 201 Å². The maximum absolute atomic E-state index is 12.3. The second kappa shape index (κ2) is 11.8. The number of aromatic nitrogens is 2. The highest BCUT2D eigenvalue weighted by Crippen LogP contribution is 2.24. The molecule has 7 heteroatoms. The third kappa shape index (κ3) is 6.92. The van der Waals surface area contributed by atoms with Gasteiger partial charge in [0.1, 0.15) is 0 Å². The molecule has 1 fully saturated rings. The summed E-state index contributed by atoms with van der Waals surface area (Å²) in [6, 6.07) is 16.3. The van der Waals surface area contributed by atoms with Gasteiger partial charge in [-0.15, -0.1) is 0 Å². The number of benzene rings is 2. The van der Waals surface area contributed by atoms with Crippen LogP contribution in [-0.4, -0.2) is 57.9 Å². The Bertz CT molecular complexity index is 1030. The van der Waals surface area contributed by atoms with E-state index in [4.69, 9.17) is 0 Å². The summed E-state index contributed by atoms with van der Waals surface area (Å²) in [5, 5.41) is 16.0. The molecule has 0 saturated carbocycles. The number of rotatable bonds is 9. The number of aliphatic hydroxyl groups excluding tert-OH is 1. The molecule has 2 heterocycles. The summed E-state index contributed by atoms with van der Waals surface area (Å²) in [6.07, 6.45) is 7.33. The summed E-state index contributed by atoms with van der Waals surface area (Å²) in [6.45, 7) is 6.36. The van der Waals surface area contributed by atoms with E-state index in [-0.39, 0.29) is 12.6 Å².